The number of nitro groups is 1. The monoisotopic (exact) mass is 381 g/mol. The van der Waals surface area contributed by atoms with Crippen LogP contribution in [0.25, 0.3) is 11.3 Å². The molecule has 0 aliphatic heterocycles. The molecule has 1 N–H and O–H groups in total. The van der Waals surface area contributed by atoms with Crippen molar-refractivity contribution in [3.05, 3.63) is 58.3 Å². The second-order valence-electron chi connectivity index (χ2n) is 7.47. The maximum absolute atomic E-state index is 10.9. The van der Waals surface area contributed by atoms with Crippen LogP contribution < -0.4 is 10.1 Å². The third-order valence-electron chi connectivity index (χ3n) is 4.27. The molecule has 0 aliphatic carbocycles. The lowest BCUT2D eigenvalue weighted by molar-refractivity contribution is -0.384. The first kappa shape index (κ1) is 19.3. The number of aryl methyl sites for hydroxylation is 1. The smallest absolute Gasteiger partial charge is 0.269 e. The maximum atomic E-state index is 10.9. The molecule has 1 aromatic carbocycles. The predicted molar refractivity (Wildman–Crippen MR) is 108 cm³/mol. The van der Waals surface area contributed by atoms with Gasteiger partial charge in [-0.3, -0.25) is 10.1 Å². The zero-order valence-electron chi connectivity index (χ0n) is 16.6. The van der Waals surface area contributed by atoms with Gasteiger partial charge in [-0.2, -0.15) is 5.10 Å². The lowest BCUT2D eigenvalue weighted by Gasteiger charge is -2.23. The number of nitro benzene ring substituents is 1. The SMILES string of the molecule is COc1cc(Nc2cc(-c3ccc([N+](=O)[O-])cc3)nn2C(C)(C)C)c(C)cn1. The summed E-state index contributed by atoms with van der Waals surface area (Å²) >= 11 is 0. The van der Waals surface area contributed by atoms with E-state index < -0.39 is 4.92 Å². The van der Waals surface area contributed by atoms with Crippen LogP contribution in [0.3, 0.4) is 0 Å². The fourth-order valence-electron chi connectivity index (χ4n) is 2.77. The van der Waals surface area contributed by atoms with Crippen LogP contribution in [-0.4, -0.2) is 26.8 Å². The average molecular weight is 381 g/mol. The first-order valence-corrected chi connectivity index (χ1v) is 8.82. The highest BCUT2D eigenvalue weighted by atomic mass is 16.6. The number of nitrogens with zero attached hydrogens (tertiary/aromatic N) is 4. The van der Waals surface area contributed by atoms with Gasteiger partial charge >= 0.3 is 0 Å². The van der Waals surface area contributed by atoms with Gasteiger partial charge in [0, 0.05) is 41.7 Å². The van der Waals surface area contributed by atoms with Crippen molar-refractivity contribution in [3.63, 3.8) is 0 Å². The van der Waals surface area contributed by atoms with Gasteiger partial charge in [0.1, 0.15) is 5.82 Å². The fourth-order valence-corrected chi connectivity index (χ4v) is 2.77. The maximum Gasteiger partial charge on any atom is 0.269 e. The molecule has 0 atom stereocenters. The van der Waals surface area contributed by atoms with Crippen LogP contribution in [0, 0.1) is 17.0 Å². The molecule has 0 unspecified atom stereocenters. The van der Waals surface area contributed by atoms with Crippen molar-refractivity contribution in [1.29, 1.82) is 0 Å². The summed E-state index contributed by atoms with van der Waals surface area (Å²) in [4.78, 5) is 14.7. The summed E-state index contributed by atoms with van der Waals surface area (Å²) in [7, 11) is 1.58. The minimum atomic E-state index is -0.413. The Balaban J connectivity index is 2.02. The number of ether oxygens (including phenoxy) is 1. The summed E-state index contributed by atoms with van der Waals surface area (Å²) in [6.45, 7) is 8.14. The van der Waals surface area contributed by atoms with Crippen molar-refractivity contribution < 1.29 is 9.66 Å². The summed E-state index contributed by atoms with van der Waals surface area (Å²) < 4.78 is 7.12. The van der Waals surface area contributed by atoms with E-state index in [1.807, 2.05) is 23.7 Å². The van der Waals surface area contributed by atoms with Crippen LogP contribution in [0.4, 0.5) is 17.2 Å². The minimum absolute atomic E-state index is 0.0526. The third kappa shape index (κ3) is 3.95. The van der Waals surface area contributed by atoms with Crippen LogP contribution in [0.1, 0.15) is 26.3 Å². The summed E-state index contributed by atoms with van der Waals surface area (Å²) in [5, 5.41) is 19.0. The number of hydrogen-bond donors (Lipinski definition) is 1. The number of anilines is 2. The Morgan fingerprint density at radius 3 is 2.43 bits per heavy atom. The van der Waals surface area contributed by atoms with E-state index >= 15 is 0 Å². The van der Waals surface area contributed by atoms with Crippen LogP contribution in [0.5, 0.6) is 5.88 Å². The lowest BCUT2D eigenvalue weighted by atomic mass is 10.1. The van der Waals surface area contributed by atoms with Crippen molar-refractivity contribution in [1.82, 2.24) is 14.8 Å². The molecule has 0 radical (unpaired) electrons. The first-order valence-electron chi connectivity index (χ1n) is 8.82. The van der Waals surface area contributed by atoms with Gasteiger partial charge in [-0.25, -0.2) is 9.67 Å². The zero-order valence-corrected chi connectivity index (χ0v) is 16.6. The van der Waals surface area contributed by atoms with Crippen LogP contribution in [0.2, 0.25) is 0 Å². The molecule has 0 saturated heterocycles. The zero-order chi connectivity index (χ0) is 20.5. The fraction of sp³-hybridized carbons (Fsp3) is 0.300. The molecule has 0 aliphatic rings. The van der Waals surface area contributed by atoms with Crippen LogP contribution in [-0.2, 0) is 5.54 Å². The Kier molecular flexibility index (Phi) is 5.04. The molecule has 2 aromatic heterocycles. The highest BCUT2D eigenvalue weighted by molar-refractivity contribution is 5.69. The van der Waals surface area contributed by atoms with Crippen molar-refractivity contribution in [3.8, 4) is 17.1 Å². The molecule has 146 valence electrons. The van der Waals surface area contributed by atoms with Gasteiger partial charge in [-0.05, 0) is 45.4 Å². The standard InChI is InChI=1S/C20H23N5O3/c1-13-12-21-19(28-5)11-16(13)22-18-10-17(23-24(18)20(2,3)4)14-6-8-15(9-7-14)25(26)27/h6-12H,1-5H3,(H,21,22). The van der Waals surface area contributed by atoms with Crippen LogP contribution in [0.15, 0.2) is 42.6 Å². The molecule has 8 nitrogen and oxygen atoms in total. The molecule has 28 heavy (non-hydrogen) atoms. The van der Waals surface area contributed by atoms with Crippen LogP contribution >= 0.6 is 0 Å². The van der Waals surface area contributed by atoms with Gasteiger partial charge in [0.05, 0.1) is 23.3 Å². The Hall–Kier alpha value is -3.42. The van der Waals surface area contributed by atoms with Gasteiger partial charge in [-0.15, -0.1) is 0 Å². The molecule has 3 aromatic rings. The van der Waals surface area contributed by atoms with Crippen molar-refractivity contribution in [2.75, 3.05) is 12.4 Å². The number of pyridine rings is 1. The summed E-state index contributed by atoms with van der Waals surface area (Å²) in [6, 6.07) is 10.1. The Morgan fingerprint density at radius 1 is 1.18 bits per heavy atom. The second kappa shape index (κ2) is 7.30. The number of aromatic nitrogens is 3. The van der Waals surface area contributed by atoms with Gasteiger partial charge in [-0.1, -0.05) is 0 Å². The highest BCUT2D eigenvalue weighted by Gasteiger charge is 2.21. The Labute approximate surface area is 163 Å². The van der Waals surface area contributed by atoms with Gasteiger partial charge in [0.15, 0.2) is 0 Å². The number of non-ortho nitro benzene ring substituents is 1. The normalized spacial score (nSPS) is 11.3. The number of methoxy groups -OCH3 is 1. The topological polar surface area (TPSA) is 95.1 Å². The average Bonchev–Trinajstić information content (AvgIpc) is 3.08. The summed E-state index contributed by atoms with van der Waals surface area (Å²) in [6.07, 6.45) is 1.75. The molecule has 0 saturated carbocycles. The summed E-state index contributed by atoms with van der Waals surface area (Å²) in [5.41, 5.74) is 3.15. The molecular weight excluding hydrogens is 358 g/mol. The van der Waals surface area contributed by atoms with E-state index in [1.54, 1.807) is 25.4 Å². The number of rotatable bonds is 5. The second-order valence-corrected chi connectivity index (χ2v) is 7.47. The predicted octanol–water partition coefficient (Wildman–Crippen LogP) is 4.67. The Bertz CT molecular complexity index is 1000. The molecule has 0 fully saturated rings. The van der Waals surface area contributed by atoms with E-state index in [9.17, 15) is 10.1 Å². The minimum Gasteiger partial charge on any atom is -0.481 e. The molecule has 8 heteroatoms. The molecule has 3 rings (SSSR count). The van der Waals surface area contributed by atoms with Gasteiger partial charge < -0.3 is 10.1 Å². The highest BCUT2D eigenvalue weighted by Crippen LogP contribution is 2.31. The number of hydrogen-bond acceptors (Lipinski definition) is 6. The van der Waals surface area contributed by atoms with E-state index in [1.165, 1.54) is 12.1 Å². The number of nitrogens with one attached hydrogen (secondary N) is 1. The molecular formula is C20H23N5O3. The quantitative estimate of drug-likeness (QED) is 0.510. The molecule has 0 amide bonds. The van der Waals surface area contributed by atoms with E-state index in [0.717, 1.165) is 28.3 Å². The largest absolute Gasteiger partial charge is 0.481 e. The van der Waals surface area contributed by atoms with E-state index in [-0.39, 0.29) is 11.2 Å². The molecule has 0 spiro atoms. The third-order valence-corrected chi connectivity index (χ3v) is 4.27. The van der Waals surface area contributed by atoms with Crippen molar-refractivity contribution in [2.24, 2.45) is 0 Å². The Morgan fingerprint density at radius 2 is 1.86 bits per heavy atom. The lowest BCUT2D eigenvalue weighted by Crippen LogP contribution is -2.24. The van der Waals surface area contributed by atoms with E-state index in [2.05, 4.69) is 31.1 Å². The molecule has 2 heterocycles. The van der Waals surface area contributed by atoms with Gasteiger partial charge in [0.2, 0.25) is 5.88 Å². The van der Waals surface area contributed by atoms with E-state index in [4.69, 9.17) is 9.84 Å². The van der Waals surface area contributed by atoms with E-state index in [0.29, 0.717) is 5.88 Å². The molecule has 0 bridgehead atoms. The van der Waals surface area contributed by atoms with Crippen molar-refractivity contribution >= 4 is 17.2 Å². The first-order chi connectivity index (χ1) is 13.2. The number of benzene rings is 1. The summed E-state index contributed by atoms with van der Waals surface area (Å²) in [5.74, 6) is 1.32. The van der Waals surface area contributed by atoms with Gasteiger partial charge in [0.25, 0.3) is 5.69 Å². The van der Waals surface area contributed by atoms with Crippen molar-refractivity contribution in [2.45, 2.75) is 33.2 Å².